The Bertz CT molecular complexity index is 329. The molecule has 0 aliphatic heterocycles. The van der Waals surface area contributed by atoms with Crippen LogP contribution in [-0.4, -0.2) is 29.2 Å². The van der Waals surface area contributed by atoms with Gasteiger partial charge in [-0.1, -0.05) is 0 Å². The fourth-order valence-electron chi connectivity index (χ4n) is 0.750. The predicted octanol–water partition coefficient (Wildman–Crippen LogP) is 0.244. The minimum absolute atomic E-state index is 0.0366. The Labute approximate surface area is 83.5 Å². The standard InChI is InChI=1S/C7H9FN2O3S/c1-4-9-6(8)5(14-4)7(12)10-13-3-2-11/h11H,2-3H2,1H3,(H,10,12). The molecule has 1 aromatic heterocycles. The van der Waals surface area contributed by atoms with Gasteiger partial charge in [0, 0.05) is 0 Å². The van der Waals surface area contributed by atoms with E-state index < -0.39 is 11.9 Å². The smallest absolute Gasteiger partial charge is 0.289 e. The number of amides is 1. The van der Waals surface area contributed by atoms with Crippen LogP contribution in [0.1, 0.15) is 14.7 Å². The molecule has 0 aliphatic rings. The van der Waals surface area contributed by atoms with E-state index in [1.54, 1.807) is 6.92 Å². The van der Waals surface area contributed by atoms with Crippen LogP contribution in [0.4, 0.5) is 4.39 Å². The molecule has 78 valence electrons. The van der Waals surface area contributed by atoms with Crippen LogP contribution in [0.15, 0.2) is 0 Å². The normalized spacial score (nSPS) is 10.2. The molecule has 1 rings (SSSR count). The zero-order chi connectivity index (χ0) is 10.6. The van der Waals surface area contributed by atoms with E-state index in [1.165, 1.54) is 0 Å². The fraction of sp³-hybridized carbons (Fsp3) is 0.429. The second-order valence-corrected chi connectivity index (χ2v) is 3.56. The number of hydrogen-bond donors (Lipinski definition) is 2. The number of carbonyl (C=O) groups is 1. The van der Waals surface area contributed by atoms with E-state index in [0.29, 0.717) is 5.01 Å². The van der Waals surface area contributed by atoms with Gasteiger partial charge in [-0.3, -0.25) is 9.63 Å². The number of aliphatic hydroxyl groups is 1. The molecule has 0 radical (unpaired) electrons. The van der Waals surface area contributed by atoms with Gasteiger partial charge in [-0.2, -0.15) is 4.39 Å². The van der Waals surface area contributed by atoms with Crippen LogP contribution in [0.3, 0.4) is 0 Å². The highest BCUT2D eigenvalue weighted by Gasteiger charge is 2.16. The molecule has 0 saturated heterocycles. The summed E-state index contributed by atoms with van der Waals surface area (Å²) in [7, 11) is 0. The number of thiazole rings is 1. The van der Waals surface area contributed by atoms with Gasteiger partial charge < -0.3 is 5.11 Å². The van der Waals surface area contributed by atoms with Gasteiger partial charge in [0.05, 0.1) is 18.2 Å². The highest BCUT2D eigenvalue weighted by atomic mass is 32.1. The average Bonchev–Trinajstić information content (AvgIpc) is 2.45. The Hall–Kier alpha value is -1.05. The number of hydrogen-bond acceptors (Lipinski definition) is 5. The number of carbonyl (C=O) groups excluding carboxylic acids is 1. The van der Waals surface area contributed by atoms with Crippen molar-refractivity contribution in [3.63, 3.8) is 0 Å². The zero-order valence-electron chi connectivity index (χ0n) is 7.41. The highest BCUT2D eigenvalue weighted by molar-refractivity contribution is 7.13. The summed E-state index contributed by atoms with van der Waals surface area (Å²) in [5.41, 5.74) is 1.99. The molecule has 0 aromatic carbocycles. The molecule has 0 unspecified atom stereocenters. The summed E-state index contributed by atoms with van der Waals surface area (Å²) in [5.74, 6) is -1.50. The lowest BCUT2D eigenvalue weighted by Crippen LogP contribution is -2.25. The monoisotopic (exact) mass is 220 g/mol. The van der Waals surface area contributed by atoms with Crippen molar-refractivity contribution in [3.8, 4) is 0 Å². The van der Waals surface area contributed by atoms with E-state index in [0.717, 1.165) is 11.3 Å². The Morgan fingerprint density at radius 1 is 1.79 bits per heavy atom. The van der Waals surface area contributed by atoms with Gasteiger partial charge in [-0.05, 0) is 6.92 Å². The lowest BCUT2D eigenvalue weighted by Gasteiger charge is -2.01. The van der Waals surface area contributed by atoms with Gasteiger partial charge in [0.25, 0.3) is 5.91 Å². The summed E-state index contributed by atoms with van der Waals surface area (Å²) < 4.78 is 12.9. The number of nitrogens with zero attached hydrogens (tertiary/aromatic N) is 1. The number of aromatic nitrogens is 1. The van der Waals surface area contributed by atoms with E-state index in [2.05, 4.69) is 9.82 Å². The SMILES string of the molecule is Cc1nc(F)c(C(=O)NOCCO)s1. The van der Waals surface area contributed by atoms with Crippen molar-refractivity contribution in [3.05, 3.63) is 15.8 Å². The van der Waals surface area contributed by atoms with Crippen molar-refractivity contribution < 1.29 is 19.1 Å². The minimum atomic E-state index is -0.808. The van der Waals surface area contributed by atoms with Crippen LogP contribution in [-0.2, 0) is 4.84 Å². The lowest BCUT2D eigenvalue weighted by molar-refractivity contribution is 0.0168. The van der Waals surface area contributed by atoms with Gasteiger partial charge in [0.1, 0.15) is 0 Å². The van der Waals surface area contributed by atoms with Crippen LogP contribution < -0.4 is 5.48 Å². The first kappa shape index (κ1) is 11.0. The van der Waals surface area contributed by atoms with Crippen molar-refractivity contribution in [2.24, 2.45) is 0 Å². The largest absolute Gasteiger partial charge is 0.394 e. The summed E-state index contributed by atoms with van der Waals surface area (Å²) in [5, 5.41) is 8.82. The summed E-state index contributed by atoms with van der Waals surface area (Å²) in [6.07, 6.45) is 0. The molecule has 0 atom stereocenters. The number of nitrogens with one attached hydrogen (secondary N) is 1. The van der Waals surface area contributed by atoms with Crippen LogP contribution in [0.5, 0.6) is 0 Å². The molecule has 0 bridgehead atoms. The minimum Gasteiger partial charge on any atom is -0.394 e. The second kappa shape index (κ2) is 4.99. The number of aryl methyl sites for hydroxylation is 1. The van der Waals surface area contributed by atoms with E-state index in [1.807, 2.05) is 5.48 Å². The maximum Gasteiger partial charge on any atom is 0.289 e. The highest BCUT2D eigenvalue weighted by Crippen LogP contribution is 2.15. The number of aliphatic hydroxyl groups excluding tert-OH is 1. The maximum absolute atomic E-state index is 12.9. The maximum atomic E-state index is 12.9. The van der Waals surface area contributed by atoms with Crippen molar-refractivity contribution in [2.45, 2.75) is 6.92 Å². The first-order valence-corrected chi connectivity index (χ1v) is 4.62. The molecule has 2 N–H and O–H groups in total. The van der Waals surface area contributed by atoms with Gasteiger partial charge in [-0.15, -0.1) is 11.3 Å². The molecule has 1 aromatic rings. The third kappa shape index (κ3) is 2.72. The number of rotatable bonds is 4. The Balaban J connectivity index is 2.56. The van der Waals surface area contributed by atoms with E-state index >= 15 is 0 Å². The fourth-order valence-corrected chi connectivity index (χ4v) is 1.44. The third-order valence-electron chi connectivity index (χ3n) is 1.26. The molecular weight excluding hydrogens is 211 g/mol. The molecule has 0 fully saturated rings. The molecule has 5 nitrogen and oxygen atoms in total. The van der Waals surface area contributed by atoms with Crippen LogP contribution in [0.2, 0.25) is 0 Å². The van der Waals surface area contributed by atoms with E-state index in [4.69, 9.17) is 5.11 Å². The lowest BCUT2D eigenvalue weighted by atomic mass is 10.5. The first-order chi connectivity index (χ1) is 6.65. The predicted molar refractivity (Wildman–Crippen MR) is 47.3 cm³/mol. The van der Waals surface area contributed by atoms with Gasteiger partial charge in [0.15, 0.2) is 4.88 Å². The molecule has 0 spiro atoms. The Morgan fingerprint density at radius 3 is 3.00 bits per heavy atom. The van der Waals surface area contributed by atoms with Gasteiger partial charge in [0.2, 0.25) is 5.95 Å². The average molecular weight is 220 g/mol. The molecule has 14 heavy (non-hydrogen) atoms. The van der Waals surface area contributed by atoms with E-state index in [-0.39, 0.29) is 18.1 Å². The number of halogens is 1. The van der Waals surface area contributed by atoms with Crippen molar-refractivity contribution in [2.75, 3.05) is 13.2 Å². The Morgan fingerprint density at radius 2 is 2.50 bits per heavy atom. The molecule has 1 amide bonds. The molecule has 1 heterocycles. The summed E-state index contributed by atoms with van der Waals surface area (Å²) in [6, 6.07) is 0. The second-order valence-electron chi connectivity index (χ2n) is 2.36. The first-order valence-electron chi connectivity index (χ1n) is 3.81. The molecule has 0 aliphatic carbocycles. The van der Waals surface area contributed by atoms with Gasteiger partial charge in [-0.25, -0.2) is 10.5 Å². The summed E-state index contributed by atoms with van der Waals surface area (Å²) >= 11 is 0.940. The molecule has 0 saturated carbocycles. The molecule has 7 heteroatoms. The van der Waals surface area contributed by atoms with Gasteiger partial charge >= 0.3 is 0 Å². The zero-order valence-corrected chi connectivity index (χ0v) is 8.23. The summed E-state index contributed by atoms with van der Waals surface area (Å²) in [4.78, 5) is 19.0. The third-order valence-corrected chi connectivity index (χ3v) is 2.20. The topological polar surface area (TPSA) is 71.5 Å². The van der Waals surface area contributed by atoms with Crippen molar-refractivity contribution >= 4 is 17.2 Å². The van der Waals surface area contributed by atoms with Crippen molar-refractivity contribution in [1.82, 2.24) is 10.5 Å². The summed E-state index contributed by atoms with van der Waals surface area (Å²) in [6.45, 7) is 1.34. The quantitative estimate of drug-likeness (QED) is 0.563. The van der Waals surface area contributed by atoms with Crippen molar-refractivity contribution in [1.29, 1.82) is 0 Å². The molecular formula is C7H9FN2O3S. The van der Waals surface area contributed by atoms with Crippen LogP contribution >= 0.6 is 11.3 Å². The van der Waals surface area contributed by atoms with E-state index in [9.17, 15) is 9.18 Å². The number of hydroxylamine groups is 1. The van der Waals surface area contributed by atoms with Crippen LogP contribution in [0, 0.1) is 12.9 Å². The van der Waals surface area contributed by atoms with Crippen LogP contribution in [0.25, 0.3) is 0 Å². The Kier molecular flexibility index (Phi) is 3.93.